The molecule has 1 aliphatic rings. The van der Waals surface area contributed by atoms with Crippen LogP contribution in [0.2, 0.25) is 0 Å². The second-order valence-corrected chi connectivity index (χ2v) is 4.79. The maximum Gasteiger partial charge on any atom is 0.324 e. The van der Waals surface area contributed by atoms with Crippen LogP contribution in [-0.4, -0.2) is 28.2 Å². The molecule has 1 aromatic rings. The summed E-state index contributed by atoms with van der Waals surface area (Å²) >= 11 is 0. The maximum atomic E-state index is 5.67. The Balaban J connectivity index is 2.00. The summed E-state index contributed by atoms with van der Waals surface area (Å²) in [7, 11) is 0. The largest absolute Gasteiger partial charge is 0.464 e. The Bertz CT molecular complexity index is 466. The number of hydrogen-bond donors (Lipinski definition) is 2. The second kappa shape index (κ2) is 7.04. The summed E-state index contributed by atoms with van der Waals surface area (Å²) in [6, 6.07) is 0.445. The summed E-state index contributed by atoms with van der Waals surface area (Å²) in [5.74, 6) is 6.62. The standard InChI is InChI=1S/C13H21N5O2/c1-3-19-12-15-11(18-14)16-13(17-12)20-8-10-7-5-4-6-9(10)2/h4-5,9-10H,3,6-8,14H2,1-2H3,(H,15,16,17,18). The van der Waals surface area contributed by atoms with Gasteiger partial charge in [0.15, 0.2) is 0 Å². The number of nitrogens with one attached hydrogen (secondary N) is 1. The van der Waals surface area contributed by atoms with E-state index in [1.165, 1.54) is 0 Å². The van der Waals surface area contributed by atoms with E-state index >= 15 is 0 Å². The van der Waals surface area contributed by atoms with Crippen LogP contribution in [0.15, 0.2) is 12.2 Å². The molecule has 1 aliphatic carbocycles. The highest BCUT2D eigenvalue weighted by Crippen LogP contribution is 2.25. The quantitative estimate of drug-likeness (QED) is 0.463. The molecular formula is C13H21N5O2. The summed E-state index contributed by atoms with van der Waals surface area (Å²) in [5, 5.41) is 0. The molecule has 0 amide bonds. The number of allylic oxidation sites excluding steroid dienone is 2. The van der Waals surface area contributed by atoms with Gasteiger partial charge in [-0.1, -0.05) is 19.1 Å². The summed E-state index contributed by atoms with van der Waals surface area (Å²) in [5.41, 5.74) is 2.38. The van der Waals surface area contributed by atoms with Gasteiger partial charge in [-0.15, -0.1) is 4.98 Å². The molecular weight excluding hydrogens is 258 g/mol. The molecule has 0 bridgehead atoms. The van der Waals surface area contributed by atoms with E-state index in [9.17, 15) is 0 Å². The summed E-state index contributed by atoms with van der Waals surface area (Å²) in [6.07, 6.45) is 6.52. The van der Waals surface area contributed by atoms with E-state index in [1.807, 2.05) is 6.92 Å². The zero-order chi connectivity index (χ0) is 14.4. The number of nitrogens with zero attached hydrogens (tertiary/aromatic N) is 3. The molecule has 0 fully saturated rings. The third-order valence-corrected chi connectivity index (χ3v) is 3.34. The van der Waals surface area contributed by atoms with E-state index in [0.29, 0.717) is 25.0 Å². The first kappa shape index (κ1) is 14.5. The summed E-state index contributed by atoms with van der Waals surface area (Å²) in [6.45, 7) is 5.13. The van der Waals surface area contributed by atoms with Gasteiger partial charge in [0, 0.05) is 0 Å². The van der Waals surface area contributed by atoms with E-state index in [4.69, 9.17) is 15.3 Å². The average Bonchev–Trinajstić information content (AvgIpc) is 2.46. The van der Waals surface area contributed by atoms with Gasteiger partial charge in [-0.05, 0) is 31.6 Å². The normalized spacial score (nSPS) is 21.6. The van der Waals surface area contributed by atoms with Gasteiger partial charge >= 0.3 is 12.0 Å². The Morgan fingerprint density at radius 1 is 1.20 bits per heavy atom. The van der Waals surface area contributed by atoms with Gasteiger partial charge in [-0.2, -0.15) is 9.97 Å². The van der Waals surface area contributed by atoms with Crippen molar-refractivity contribution in [3.63, 3.8) is 0 Å². The lowest BCUT2D eigenvalue weighted by Gasteiger charge is -2.24. The molecule has 1 aromatic heterocycles. The zero-order valence-corrected chi connectivity index (χ0v) is 11.9. The molecule has 0 aromatic carbocycles. The molecule has 3 N–H and O–H groups in total. The first-order valence-corrected chi connectivity index (χ1v) is 6.86. The number of nitrogen functional groups attached to an aromatic ring is 1. The van der Waals surface area contributed by atoms with Crippen LogP contribution < -0.4 is 20.7 Å². The molecule has 2 unspecified atom stereocenters. The third-order valence-electron chi connectivity index (χ3n) is 3.34. The molecule has 2 atom stereocenters. The number of hydrazine groups is 1. The number of ether oxygens (including phenoxy) is 2. The fourth-order valence-electron chi connectivity index (χ4n) is 2.08. The monoisotopic (exact) mass is 279 g/mol. The molecule has 1 heterocycles. The van der Waals surface area contributed by atoms with Crippen LogP contribution in [0.5, 0.6) is 12.0 Å². The first-order valence-electron chi connectivity index (χ1n) is 6.86. The smallest absolute Gasteiger partial charge is 0.324 e. The highest BCUT2D eigenvalue weighted by atomic mass is 16.5. The Kier molecular flexibility index (Phi) is 5.11. The van der Waals surface area contributed by atoms with Crippen LogP contribution in [-0.2, 0) is 0 Å². The van der Waals surface area contributed by atoms with Crippen molar-refractivity contribution in [3.8, 4) is 12.0 Å². The molecule has 20 heavy (non-hydrogen) atoms. The average molecular weight is 279 g/mol. The van der Waals surface area contributed by atoms with Crippen LogP contribution in [0.25, 0.3) is 0 Å². The van der Waals surface area contributed by atoms with E-state index in [1.54, 1.807) is 0 Å². The summed E-state index contributed by atoms with van der Waals surface area (Å²) < 4.78 is 10.9. The lowest BCUT2D eigenvalue weighted by molar-refractivity contribution is 0.183. The molecule has 2 rings (SSSR count). The van der Waals surface area contributed by atoms with Gasteiger partial charge < -0.3 is 9.47 Å². The van der Waals surface area contributed by atoms with Crippen LogP contribution in [0.1, 0.15) is 26.7 Å². The first-order chi connectivity index (χ1) is 9.72. The highest BCUT2D eigenvalue weighted by molar-refractivity contribution is 5.25. The predicted molar refractivity (Wildman–Crippen MR) is 75.3 cm³/mol. The van der Waals surface area contributed by atoms with Gasteiger partial charge in [0.2, 0.25) is 5.95 Å². The molecule has 0 aliphatic heterocycles. The predicted octanol–water partition coefficient (Wildman–Crippen LogP) is 1.54. The van der Waals surface area contributed by atoms with Crippen molar-refractivity contribution < 1.29 is 9.47 Å². The van der Waals surface area contributed by atoms with Crippen molar-refractivity contribution in [2.45, 2.75) is 26.7 Å². The van der Waals surface area contributed by atoms with E-state index in [0.717, 1.165) is 12.8 Å². The topological polar surface area (TPSA) is 95.2 Å². The Morgan fingerprint density at radius 3 is 2.55 bits per heavy atom. The Morgan fingerprint density at radius 2 is 1.90 bits per heavy atom. The minimum Gasteiger partial charge on any atom is -0.464 e. The number of anilines is 1. The SMILES string of the molecule is CCOc1nc(NN)nc(OCC2CC=CCC2C)n1. The van der Waals surface area contributed by atoms with Gasteiger partial charge in [0.25, 0.3) is 0 Å². The van der Waals surface area contributed by atoms with Crippen molar-refractivity contribution >= 4 is 5.95 Å². The Labute approximate surface area is 118 Å². The van der Waals surface area contributed by atoms with Gasteiger partial charge in [-0.25, -0.2) is 5.84 Å². The van der Waals surface area contributed by atoms with Gasteiger partial charge in [0.1, 0.15) is 0 Å². The van der Waals surface area contributed by atoms with Crippen molar-refractivity contribution in [1.82, 2.24) is 15.0 Å². The van der Waals surface area contributed by atoms with Crippen LogP contribution in [0, 0.1) is 11.8 Å². The molecule has 0 spiro atoms. The molecule has 0 radical (unpaired) electrons. The highest BCUT2D eigenvalue weighted by Gasteiger charge is 2.19. The summed E-state index contributed by atoms with van der Waals surface area (Å²) in [4.78, 5) is 12.1. The van der Waals surface area contributed by atoms with Gasteiger partial charge in [0.05, 0.1) is 13.2 Å². The number of nitrogens with two attached hydrogens (primary N) is 1. The lowest BCUT2D eigenvalue weighted by Crippen LogP contribution is -2.22. The fourth-order valence-corrected chi connectivity index (χ4v) is 2.08. The van der Waals surface area contributed by atoms with Gasteiger partial charge in [-0.3, -0.25) is 5.43 Å². The van der Waals surface area contributed by atoms with Crippen molar-refractivity contribution in [3.05, 3.63) is 12.2 Å². The number of hydrogen-bond acceptors (Lipinski definition) is 7. The zero-order valence-electron chi connectivity index (χ0n) is 11.9. The molecule has 7 heteroatoms. The van der Waals surface area contributed by atoms with E-state index < -0.39 is 0 Å². The van der Waals surface area contributed by atoms with Crippen molar-refractivity contribution in [2.75, 3.05) is 18.6 Å². The Hall–Kier alpha value is -1.89. The number of rotatable bonds is 6. The van der Waals surface area contributed by atoms with E-state index in [2.05, 4.69) is 39.5 Å². The van der Waals surface area contributed by atoms with E-state index in [-0.39, 0.29) is 18.0 Å². The molecule has 110 valence electrons. The molecule has 7 nitrogen and oxygen atoms in total. The molecule has 0 saturated carbocycles. The maximum absolute atomic E-state index is 5.67. The lowest BCUT2D eigenvalue weighted by atomic mass is 9.85. The van der Waals surface area contributed by atoms with Crippen LogP contribution >= 0.6 is 0 Å². The van der Waals surface area contributed by atoms with Crippen molar-refractivity contribution in [2.24, 2.45) is 17.7 Å². The molecule has 0 saturated heterocycles. The fraction of sp³-hybridized carbons (Fsp3) is 0.615. The van der Waals surface area contributed by atoms with Crippen molar-refractivity contribution in [1.29, 1.82) is 0 Å². The van der Waals surface area contributed by atoms with Crippen LogP contribution in [0.4, 0.5) is 5.95 Å². The van der Waals surface area contributed by atoms with Crippen LogP contribution in [0.3, 0.4) is 0 Å². The third kappa shape index (κ3) is 3.80. The minimum atomic E-state index is 0.210. The minimum absolute atomic E-state index is 0.210. The second-order valence-electron chi connectivity index (χ2n) is 4.79. The number of aromatic nitrogens is 3.